The van der Waals surface area contributed by atoms with Crippen LogP contribution in [0.5, 0.6) is 0 Å². The molecular formula is C16H16N4O. The minimum atomic E-state index is -0.447. The molecule has 0 atom stereocenters. The second kappa shape index (κ2) is 4.94. The fourth-order valence-corrected chi connectivity index (χ4v) is 2.21. The smallest absolute Gasteiger partial charge is 0.248 e. The molecule has 5 nitrogen and oxygen atoms in total. The Kier molecular flexibility index (Phi) is 3.10. The number of nitrogens with one attached hydrogen (secondary N) is 1. The van der Waals surface area contributed by atoms with Crippen LogP contribution in [0.15, 0.2) is 42.5 Å². The number of hydrogen-bond acceptors (Lipinski definition) is 3. The van der Waals surface area contributed by atoms with Gasteiger partial charge in [-0.2, -0.15) is 0 Å². The summed E-state index contributed by atoms with van der Waals surface area (Å²) in [7, 11) is 4.00. The van der Waals surface area contributed by atoms with Gasteiger partial charge in [0.25, 0.3) is 0 Å². The highest BCUT2D eigenvalue weighted by Crippen LogP contribution is 2.23. The molecule has 3 aromatic rings. The highest BCUT2D eigenvalue weighted by Gasteiger charge is 2.08. The molecule has 21 heavy (non-hydrogen) atoms. The lowest BCUT2D eigenvalue weighted by molar-refractivity contribution is 0.100. The standard InChI is InChI=1S/C16H16N4O/c1-20(2)12-6-3-10(4-7-12)16-18-13-8-5-11(15(17)21)9-14(13)19-16/h3-9H,1-2H3,(H2,17,21)(H,18,19). The van der Waals surface area contributed by atoms with E-state index in [4.69, 9.17) is 5.73 Å². The van der Waals surface area contributed by atoms with E-state index in [-0.39, 0.29) is 0 Å². The molecule has 0 saturated heterocycles. The fraction of sp³-hybridized carbons (Fsp3) is 0.125. The highest BCUT2D eigenvalue weighted by molar-refractivity contribution is 5.96. The van der Waals surface area contributed by atoms with Crippen LogP contribution in [0.1, 0.15) is 10.4 Å². The summed E-state index contributed by atoms with van der Waals surface area (Å²) in [5, 5.41) is 0. The molecule has 1 aromatic heterocycles. The van der Waals surface area contributed by atoms with Crippen molar-refractivity contribution >= 4 is 22.6 Å². The van der Waals surface area contributed by atoms with Crippen LogP contribution in [0.25, 0.3) is 22.4 Å². The van der Waals surface area contributed by atoms with E-state index < -0.39 is 5.91 Å². The summed E-state index contributed by atoms with van der Waals surface area (Å²) in [6.07, 6.45) is 0. The first-order valence-electron chi connectivity index (χ1n) is 6.62. The summed E-state index contributed by atoms with van der Waals surface area (Å²) in [6, 6.07) is 13.3. The molecule has 0 unspecified atom stereocenters. The number of amides is 1. The number of aromatic nitrogens is 2. The van der Waals surface area contributed by atoms with E-state index in [0.29, 0.717) is 5.56 Å². The molecule has 1 heterocycles. The summed E-state index contributed by atoms with van der Waals surface area (Å²) < 4.78 is 0. The van der Waals surface area contributed by atoms with Gasteiger partial charge in [-0.25, -0.2) is 4.98 Å². The molecule has 0 aliphatic carbocycles. The van der Waals surface area contributed by atoms with E-state index in [1.165, 1.54) is 0 Å². The number of H-pyrrole nitrogens is 1. The molecule has 3 N–H and O–H groups in total. The van der Waals surface area contributed by atoms with Gasteiger partial charge in [0.2, 0.25) is 5.91 Å². The lowest BCUT2D eigenvalue weighted by atomic mass is 10.2. The van der Waals surface area contributed by atoms with Crippen LogP contribution in [0.3, 0.4) is 0 Å². The minimum Gasteiger partial charge on any atom is -0.378 e. The molecule has 0 spiro atoms. The van der Waals surface area contributed by atoms with E-state index >= 15 is 0 Å². The molecule has 106 valence electrons. The van der Waals surface area contributed by atoms with Crippen LogP contribution in [0, 0.1) is 0 Å². The number of nitrogens with zero attached hydrogens (tertiary/aromatic N) is 2. The van der Waals surface area contributed by atoms with Crippen LogP contribution >= 0.6 is 0 Å². The molecule has 0 radical (unpaired) electrons. The first-order valence-corrected chi connectivity index (χ1v) is 6.62. The van der Waals surface area contributed by atoms with Gasteiger partial charge in [-0.15, -0.1) is 0 Å². The number of carbonyl (C=O) groups is 1. The number of nitrogens with two attached hydrogens (primary N) is 1. The summed E-state index contributed by atoms with van der Waals surface area (Å²) in [6.45, 7) is 0. The third-order valence-electron chi connectivity index (χ3n) is 3.42. The van der Waals surface area contributed by atoms with Crippen molar-refractivity contribution in [1.82, 2.24) is 9.97 Å². The Bertz CT molecular complexity index is 803. The molecule has 3 rings (SSSR count). The summed E-state index contributed by atoms with van der Waals surface area (Å²) in [5.41, 5.74) is 9.49. The van der Waals surface area contributed by atoms with Gasteiger partial charge in [-0.3, -0.25) is 4.79 Å². The number of hydrogen-bond donors (Lipinski definition) is 2. The Labute approximate surface area is 122 Å². The maximum Gasteiger partial charge on any atom is 0.248 e. The second-order valence-corrected chi connectivity index (χ2v) is 5.12. The minimum absolute atomic E-state index is 0.447. The predicted octanol–water partition coefficient (Wildman–Crippen LogP) is 2.39. The first-order chi connectivity index (χ1) is 10.0. The zero-order chi connectivity index (χ0) is 15.0. The van der Waals surface area contributed by atoms with Crippen molar-refractivity contribution in [1.29, 1.82) is 0 Å². The molecule has 1 amide bonds. The Morgan fingerprint density at radius 2 is 1.86 bits per heavy atom. The van der Waals surface area contributed by atoms with E-state index in [2.05, 4.69) is 9.97 Å². The van der Waals surface area contributed by atoms with Crippen LogP contribution < -0.4 is 10.6 Å². The molecule has 0 aliphatic rings. The zero-order valence-electron chi connectivity index (χ0n) is 11.9. The Hall–Kier alpha value is -2.82. The van der Waals surface area contributed by atoms with Crippen molar-refractivity contribution in [3.05, 3.63) is 48.0 Å². The number of rotatable bonds is 3. The average molecular weight is 280 g/mol. The third kappa shape index (κ3) is 2.45. The van der Waals surface area contributed by atoms with Crippen molar-refractivity contribution in [3.8, 4) is 11.4 Å². The van der Waals surface area contributed by atoms with Crippen molar-refractivity contribution in [3.63, 3.8) is 0 Å². The van der Waals surface area contributed by atoms with Crippen LogP contribution in [-0.4, -0.2) is 30.0 Å². The number of carbonyl (C=O) groups excluding carboxylic acids is 1. The maximum absolute atomic E-state index is 11.2. The van der Waals surface area contributed by atoms with E-state index in [1.807, 2.05) is 49.3 Å². The lowest BCUT2D eigenvalue weighted by Crippen LogP contribution is -2.10. The van der Waals surface area contributed by atoms with Gasteiger partial charge in [0.1, 0.15) is 5.82 Å². The number of imidazole rings is 1. The molecule has 0 fully saturated rings. The Morgan fingerprint density at radius 1 is 1.14 bits per heavy atom. The van der Waals surface area contributed by atoms with Gasteiger partial charge >= 0.3 is 0 Å². The van der Waals surface area contributed by atoms with Crippen molar-refractivity contribution in [2.24, 2.45) is 5.73 Å². The van der Waals surface area contributed by atoms with Gasteiger partial charge in [0, 0.05) is 30.9 Å². The Morgan fingerprint density at radius 3 is 2.48 bits per heavy atom. The molecule has 5 heteroatoms. The van der Waals surface area contributed by atoms with Crippen LogP contribution in [0.4, 0.5) is 5.69 Å². The summed E-state index contributed by atoms with van der Waals surface area (Å²) in [4.78, 5) is 21.0. The van der Waals surface area contributed by atoms with E-state index in [9.17, 15) is 4.79 Å². The number of benzene rings is 2. The number of anilines is 1. The van der Waals surface area contributed by atoms with Gasteiger partial charge in [0.15, 0.2) is 0 Å². The third-order valence-corrected chi connectivity index (χ3v) is 3.42. The largest absolute Gasteiger partial charge is 0.378 e. The van der Waals surface area contributed by atoms with Crippen molar-refractivity contribution in [2.75, 3.05) is 19.0 Å². The maximum atomic E-state index is 11.2. The molecule has 0 saturated carbocycles. The van der Waals surface area contributed by atoms with Gasteiger partial charge in [-0.05, 0) is 42.5 Å². The Balaban J connectivity index is 2.02. The van der Waals surface area contributed by atoms with Crippen LogP contribution in [-0.2, 0) is 0 Å². The molecule has 0 aliphatic heterocycles. The van der Waals surface area contributed by atoms with Gasteiger partial charge < -0.3 is 15.6 Å². The highest BCUT2D eigenvalue weighted by atomic mass is 16.1. The van der Waals surface area contributed by atoms with Gasteiger partial charge in [0.05, 0.1) is 11.0 Å². The number of fused-ring (bicyclic) bond motifs is 1. The molecular weight excluding hydrogens is 264 g/mol. The molecule has 0 bridgehead atoms. The SMILES string of the molecule is CN(C)c1ccc(-c2nc3cc(C(N)=O)ccc3[nH]2)cc1. The van der Waals surface area contributed by atoms with E-state index in [0.717, 1.165) is 28.1 Å². The van der Waals surface area contributed by atoms with Crippen molar-refractivity contribution in [2.45, 2.75) is 0 Å². The van der Waals surface area contributed by atoms with Crippen LogP contribution in [0.2, 0.25) is 0 Å². The first kappa shape index (κ1) is 13.2. The number of primary amides is 1. The quantitative estimate of drug-likeness (QED) is 0.773. The molecule has 2 aromatic carbocycles. The monoisotopic (exact) mass is 280 g/mol. The number of aromatic amines is 1. The van der Waals surface area contributed by atoms with E-state index in [1.54, 1.807) is 12.1 Å². The predicted molar refractivity (Wildman–Crippen MR) is 84.4 cm³/mol. The fourth-order valence-electron chi connectivity index (χ4n) is 2.21. The second-order valence-electron chi connectivity index (χ2n) is 5.12. The average Bonchev–Trinajstić information content (AvgIpc) is 2.90. The summed E-state index contributed by atoms with van der Waals surface area (Å²) >= 11 is 0. The zero-order valence-corrected chi connectivity index (χ0v) is 11.9. The lowest BCUT2D eigenvalue weighted by Gasteiger charge is -2.11. The topological polar surface area (TPSA) is 75.0 Å². The van der Waals surface area contributed by atoms with Crippen molar-refractivity contribution < 1.29 is 4.79 Å². The van der Waals surface area contributed by atoms with Gasteiger partial charge in [-0.1, -0.05) is 0 Å². The summed E-state index contributed by atoms with van der Waals surface area (Å²) in [5.74, 6) is 0.328. The normalized spacial score (nSPS) is 10.8.